The Bertz CT molecular complexity index is 1050. The van der Waals surface area contributed by atoms with Crippen LogP contribution < -0.4 is 4.90 Å². The Hall–Kier alpha value is -3.46. The summed E-state index contributed by atoms with van der Waals surface area (Å²) in [6.45, 7) is 0.709. The van der Waals surface area contributed by atoms with Crippen molar-refractivity contribution >= 4 is 40.8 Å². The zero-order valence-electron chi connectivity index (χ0n) is 16.4. The number of hydrogen-bond donors (Lipinski definition) is 0. The van der Waals surface area contributed by atoms with E-state index in [-0.39, 0.29) is 46.7 Å². The van der Waals surface area contributed by atoms with Gasteiger partial charge in [-0.05, 0) is 31.0 Å². The van der Waals surface area contributed by atoms with Crippen LogP contribution in [0.4, 0.5) is 16.2 Å². The van der Waals surface area contributed by atoms with Crippen molar-refractivity contribution in [3.8, 4) is 0 Å². The Morgan fingerprint density at radius 2 is 1.74 bits per heavy atom. The highest BCUT2D eigenvalue weighted by atomic mass is 35.5. The van der Waals surface area contributed by atoms with Crippen LogP contribution in [0.1, 0.15) is 23.2 Å². The molecule has 0 aromatic heterocycles. The number of carbonyl (C=O) groups excluding carboxylic acids is 3. The first-order valence-electron chi connectivity index (χ1n) is 9.78. The molecule has 31 heavy (non-hydrogen) atoms. The standard InChI is InChI=1S/C21H19ClN4O5/c22-18-7-6-16(26(30)31)12-17(18)20(28)23-10-8-14(9-11-23)24-13-19(27)25(21(24)29)15-4-2-1-3-5-15/h1-7,12,14H,8-11,13H2. The summed E-state index contributed by atoms with van der Waals surface area (Å²) in [5.74, 6) is -0.667. The van der Waals surface area contributed by atoms with Gasteiger partial charge in [-0.25, -0.2) is 9.69 Å². The van der Waals surface area contributed by atoms with E-state index < -0.39 is 4.92 Å². The van der Waals surface area contributed by atoms with Crippen molar-refractivity contribution in [3.05, 3.63) is 69.2 Å². The number of carbonyl (C=O) groups is 3. The average Bonchev–Trinajstić information content (AvgIpc) is 3.08. The maximum Gasteiger partial charge on any atom is 0.332 e. The Balaban J connectivity index is 1.43. The van der Waals surface area contributed by atoms with Crippen LogP contribution in [0.3, 0.4) is 0 Å². The minimum atomic E-state index is -0.576. The molecule has 0 aliphatic carbocycles. The summed E-state index contributed by atoms with van der Waals surface area (Å²) in [7, 11) is 0. The van der Waals surface area contributed by atoms with Gasteiger partial charge in [0.25, 0.3) is 17.5 Å². The molecule has 0 spiro atoms. The molecular weight excluding hydrogens is 424 g/mol. The molecule has 2 fully saturated rings. The van der Waals surface area contributed by atoms with E-state index in [1.165, 1.54) is 23.1 Å². The number of anilines is 1. The largest absolute Gasteiger partial charge is 0.338 e. The molecule has 2 saturated heterocycles. The molecule has 160 valence electrons. The van der Waals surface area contributed by atoms with Crippen molar-refractivity contribution in [1.29, 1.82) is 0 Å². The summed E-state index contributed by atoms with van der Waals surface area (Å²) < 4.78 is 0. The first kappa shape index (κ1) is 20.8. The van der Waals surface area contributed by atoms with Gasteiger partial charge in [0.2, 0.25) is 0 Å². The minimum absolute atomic E-state index is 0.00302. The molecule has 2 aromatic carbocycles. The third kappa shape index (κ3) is 3.96. The van der Waals surface area contributed by atoms with Crippen LogP contribution >= 0.6 is 11.6 Å². The predicted molar refractivity (Wildman–Crippen MR) is 113 cm³/mol. The summed E-state index contributed by atoms with van der Waals surface area (Å²) in [6, 6.07) is 12.0. The molecule has 2 aliphatic heterocycles. The fourth-order valence-electron chi connectivity index (χ4n) is 3.98. The van der Waals surface area contributed by atoms with Gasteiger partial charge in [0.05, 0.1) is 21.2 Å². The first-order valence-corrected chi connectivity index (χ1v) is 10.2. The third-order valence-electron chi connectivity index (χ3n) is 5.59. The first-order chi connectivity index (χ1) is 14.9. The number of halogens is 1. The van der Waals surface area contributed by atoms with Gasteiger partial charge >= 0.3 is 6.03 Å². The normalized spacial score (nSPS) is 17.4. The van der Waals surface area contributed by atoms with Gasteiger partial charge < -0.3 is 9.80 Å². The van der Waals surface area contributed by atoms with Crippen LogP contribution in [-0.4, -0.2) is 58.2 Å². The fourth-order valence-corrected chi connectivity index (χ4v) is 4.18. The summed E-state index contributed by atoms with van der Waals surface area (Å²) in [5, 5.41) is 11.2. The highest BCUT2D eigenvalue weighted by Gasteiger charge is 2.42. The smallest absolute Gasteiger partial charge is 0.332 e. The lowest BCUT2D eigenvalue weighted by Crippen LogP contribution is -2.48. The van der Waals surface area contributed by atoms with E-state index in [2.05, 4.69) is 0 Å². The Morgan fingerprint density at radius 1 is 1.06 bits per heavy atom. The molecule has 0 saturated carbocycles. The molecule has 0 bridgehead atoms. The molecule has 4 amide bonds. The second-order valence-corrected chi connectivity index (χ2v) is 7.83. The number of para-hydroxylation sites is 1. The van der Waals surface area contributed by atoms with Gasteiger partial charge in [-0.1, -0.05) is 29.8 Å². The quantitative estimate of drug-likeness (QED) is 0.410. The van der Waals surface area contributed by atoms with Crippen molar-refractivity contribution in [3.63, 3.8) is 0 Å². The van der Waals surface area contributed by atoms with Crippen LogP contribution in [0.2, 0.25) is 5.02 Å². The fraction of sp³-hybridized carbons (Fsp3) is 0.286. The molecule has 2 heterocycles. The average molecular weight is 443 g/mol. The van der Waals surface area contributed by atoms with E-state index >= 15 is 0 Å². The highest BCUT2D eigenvalue weighted by Crippen LogP contribution is 2.28. The van der Waals surface area contributed by atoms with Crippen molar-refractivity contribution in [2.24, 2.45) is 0 Å². The number of imide groups is 1. The van der Waals surface area contributed by atoms with Gasteiger partial charge in [0.1, 0.15) is 6.54 Å². The van der Waals surface area contributed by atoms with E-state index in [9.17, 15) is 24.5 Å². The second-order valence-electron chi connectivity index (χ2n) is 7.42. The van der Waals surface area contributed by atoms with Gasteiger partial charge in [-0.2, -0.15) is 0 Å². The van der Waals surface area contributed by atoms with Crippen LogP contribution in [0.5, 0.6) is 0 Å². The molecule has 0 N–H and O–H groups in total. The lowest BCUT2D eigenvalue weighted by Gasteiger charge is -2.36. The number of nitro groups is 1. The van der Waals surface area contributed by atoms with E-state index in [0.717, 1.165) is 0 Å². The molecule has 0 atom stereocenters. The minimum Gasteiger partial charge on any atom is -0.338 e. The molecular formula is C21H19ClN4O5. The third-order valence-corrected chi connectivity index (χ3v) is 5.92. The number of benzene rings is 2. The summed E-state index contributed by atoms with van der Waals surface area (Å²) >= 11 is 6.09. The zero-order valence-corrected chi connectivity index (χ0v) is 17.2. The monoisotopic (exact) mass is 442 g/mol. The predicted octanol–water partition coefficient (Wildman–Crippen LogP) is 3.32. The van der Waals surface area contributed by atoms with Crippen molar-refractivity contribution < 1.29 is 19.3 Å². The van der Waals surface area contributed by atoms with Gasteiger partial charge in [0.15, 0.2) is 0 Å². The molecule has 2 aromatic rings. The Kier molecular flexibility index (Phi) is 5.60. The van der Waals surface area contributed by atoms with Crippen LogP contribution in [0, 0.1) is 10.1 Å². The number of nitro benzene ring substituents is 1. The Labute approximate surface area is 182 Å². The highest BCUT2D eigenvalue weighted by molar-refractivity contribution is 6.34. The van der Waals surface area contributed by atoms with Crippen molar-refractivity contribution in [2.45, 2.75) is 18.9 Å². The molecule has 10 heteroatoms. The van der Waals surface area contributed by atoms with Crippen molar-refractivity contribution in [1.82, 2.24) is 9.80 Å². The second kappa shape index (κ2) is 8.35. The van der Waals surface area contributed by atoms with E-state index in [4.69, 9.17) is 11.6 Å². The van der Waals surface area contributed by atoms with Gasteiger partial charge in [-0.15, -0.1) is 0 Å². The molecule has 2 aliphatic rings. The topological polar surface area (TPSA) is 104 Å². The lowest BCUT2D eigenvalue weighted by molar-refractivity contribution is -0.384. The SMILES string of the molecule is O=C(c1cc([N+](=O)[O-])ccc1Cl)N1CCC(N2CC(=O)N(c3ccccc3)C2=O)CC1. The summed E-state index contributed by atoms with van der Waals surface area (Å²) in [6.07, 6.45) is 1.000. The van der Waals surface area contributed by atoms with Crippen LogP contribution in [-0.2, 0) is 4.79 Å². The summed E-state index contributed by atoms with van der Waals surface area (Å²) in [5.41, 5.74) is 0.412. The number of urea groups is 1. The maximum absolute atomic E-state index is 12.9. The number of non-ortho nitro benzene ring substituents is 1. The Morgan fingerprint density at radius 3 is 2.39 bits per heavy atom. The van der Waals surface area contributed by atoms with Crippen LogP contribution in [0.15, 0.2) is 48.5 Å². The maximum atomic E-state index is 12.9. The number of hydrogen-bond acceptors (Lipinski definition) is 5. The molecule has 0 radical (unpaired) electrons. The number of amides is 4. The molecule has 9 nitrogen and oxygen atoms in total. The van der Waals surface area contributed by atoms with E-state index in [1.807, 2.05) is 6.07 Å². The van der Waals surface area contributed by atoms with Crippen molar-refractivity contribution in [2.75, 3.05) is 24.5 Å². The lowest BCUT2D eigenvalue weighted by atomic mass is 10.0. The number of likely N-dealkylation sites (tertiary alicyclic amines) is 1. The summed E-state index contributed by atoms with van der Waals surface area (Å²) in [4.78, 5) is 52.9. The van der Waals surface area contributed by atoms with Gasteiger partial charge in [-0.3, -0.25) is 19.7 Å². The zero-order chi connectivity index (χ0) is 22.1. The molecule has 0 unspecified atom stereocenters. The number of nitrogens with zero attached hydrogens (tertiary/aromatic N) is 4. The van der Waals surface area contributed by atoms with Gasteiger partial charge in [0, 0.05) is 31.3 Å². The van der Waals surface area contributed by atoms with E-state index in [1.54, 1.807) is 34.1 Å². The number of rotatable bonds is 4. The van der Waals surface area contributed by atoms with Crippen LogP contribution in [0.25, 0.3) is 0 Å². The molecule has 4 rings (SSSR count). The van der Waals surface area contributed by atoms with E-state index in [0.29, 0.717) is 31.6 Å². The number of piperidine rings is 1.